The van der Waals surface area contributed by atoms with Gasteiger partial charge in [0, 0.05) is 30.7 Å². The maximum absolute atomic E-state index is 15.2. The van der Waals surface area contributed by atoms with Crippen LogP contribution in [0, 0.1) is 25.2 Å². The minimum Gasteiger partial charge on any atom is -0.369 e. The molecule has 3 N–H and O–H groups in total. The van der Waals surface area contributed by atoms with E-state index in [1.165, 1.54) is 6.07 Å². The highest BCUT2D eigenvalue weighted by molar-refractivity contribution is 5.87. The zero-order chi connectivity index (χ0) is 21.6. The van der Waals surface area contributed by atoms with Gasteiger partial charge in [-0.2, -0.15) is 4.68 Å². The van der Waals surface area contributed by atoms with E-state index in [0.29, 0.717) is 53.5 Å². The number of nitrogens with one attached hydrogen (secondary N) is 1. The van der Waals surface area contributed by atoms with Crippen LogP contribution < -0.4 is 27.3 Å². The van der Waals surface area contributed by atoms with Crippen molar-refractivity contribution in [2.24, 2.45) is 5.92 Å². The fourth-order valence-electron chi connectivity index (χ4n) is 4.63. The molecule has 1 aromatic heterocycles. The number of hydrogen-bond donors (Lipinski definition) is 2. The molecule has 1 aliphatic heterocycles. The quantitative estimate of drug-likeness (QED) is 0.424. The molecule has 1 saturated heterocycles. The zero-order valence-electron chi connectivity index (χ0n) is 17.3. The van der Waals surface area contributed by atoms with E-state index in [0.717, 1.165) is 19.3 Å². The second kappa shape index (κ2) is 7.76. The number of hydrogen-bond acceptors (Lipinski definition) is 5. The van der Waals surface area contributed by atoms with Gasteiger partial charge in [-0.1, -0.05) is 0 Å². The third-order valence-corrected chi connectivity index (χ3v) is 6.42. The summed E-state index contributed by atoms with van der Waals surface area (Å²) < 4.78 is 17.4. The average Bonchev–Trinajstić information content (AvgIpc) is 3.44. The lowest BCUT2D eigenvalue weighted by Gasteiger charge is -2.25. The van der Waals surface area contributed by atoms with Crippen molar-refractivity contribution in [1.82, 2.24) is 14.6 Å². The molecule has 30 heavy (non-hydrogen) atoms. The van der Waals surface area contributed by atoms with Crippen molar-refractivity contribution in [3.05, 3.63) is 49.7 Å². The van der Waals surface area contributed by atoms with Crippen molar-refractivity contribution < 1.29 is 4.39 Å². The first kappa shape index (κ1) is 20.4. The van der Waals surface area contributed by atoms with E-state index >= 15 is 4.39 Å². The van der Waals surface area contributed by atoms with E-state index in [4.69, 9.17) is 12.4 Å². The normalized spacial score (nSPS) is 19.9. The maximum Gasteiger partial charge on any atom is 0.350 e. The molecule has 2 aliphatic rings. The molecule has 2 atom stereocenters. The minimum absolute atomic E-state index is 0.00501. The summed E-state index contributed by atoms with van der Waals surface area (Å²) in [7, 11) is 0. The highest BCUT2D eigenvalue weighted by atomic mass is 19.1. The maximum atomic E-state index is 15.2. The van der Waals surface area contributed by atoms with Crippen molar-refractivity contribution in [2.75, 3.05) is 36.9 Å². The lowest BCUT2D eigenvalue weighted by atomic mass is 10.0. The summed E-state index contributed by atoms with van der Waals surface area (Å²) in [6.07, 6.45) is 2.60. The number of aryl methyl sites for hydroxylation is 1. The molecule has 2 heterocycles. The van der Waals surface area contributed by atoms with Crippen LogP contribution in [0.25, 0.3) is 15.7 Å². The van der Waals surface area contributed by atoms with E-state index in [-0.39, 0.29) is 17.5 Å². The summed E-state index contributed by atoms with van der Waals surface area (Å²) in [6, 6.07) is 1.45. The number of nitrogens with zero attached hydrogens (tertiary/aromatic N) is 4. The number of benzene rings is 1. The Morgan fingerprint density at radius 2 is 2.10 bits per heavy atom. The van der Waals surface area contributed by atoms with Crippen molar-refractivity contribution >= 4 is 16.6 Å². The zero-order valence-corrected chi connectivity index (χ0v) is 17.3. The number of anilines is 1. The fourth-order valence-corrected chi connectivity index (χ4v) is 4.63. The Hall–Kier alpha value is -2.86. The number of aromatic nitrogens is 2. The van der Waals surface area contributed by atoms with Crippen molar-refractivity contribution in [2.45, 2.75) is 45.2 Å². The third kappa shape index (κ3) is 3.35. The van der Waals surface area contributed by atoms with Gasteiger partial charge in [0.05, 0.1) is 23.1 Å². The van der Waals surface area contributed by atoms with E-state index < -0.39 is 17.1 Å². The molecule has 4 rings (SSSR count). The SMILES string of the molecule is [C-]#[N+]CCN[C@@H](C)[C@@H]1CCN(c2c(F)cc3c(=O)n(N)c(=O)n(C4CC4)c3c2C)C1. The smallest absolute Gasteiger partial charge is 0.350 e. The topological polar surface area (TPSA) is 89.7 Å². The summed E-state index contributed by atoms with van der Waals surface area (Å²) in [5.74, 6) is 5.55. The number of rotatable bonds is 6. The van der Waals surface area contributed by atoms with E-state index in [1.807, 2.05) is 4.90 Å². The van der Waals surface area contributed by atoms with Gasteiger partial charge in [0.2, 0.25) is 6.54 Å². The number of halogens is 1. The van der Waals surface area contributed by atoms with Crippen LogP contribution in [0.5, 0.6) is 0 Å². The van der Waals surface area contributed by atoms with Crippen molar-refractivity contribution in [1.29, 1.82) is 0 Å². The number of fused-ring (bicyclic) bond motifs is 1. The van der Waals surface area contributed by atoms with Gasteiger partial charge in [0.1, 0.15) is 5.82 Å². The summed E-state index contributed by atoms with van der Waals surface area (Å²) in [5.41, 5.74) is 0.351. The van der Waals surface area contributed by atoms with Crippen LogP contribution in [-0.4, -0.2) is 41.5 Å². The molecule has 160 valence electrons. The standard InChI is InChI=1S/C21H27FN6O2/c1-12-18-16(20(29)28(23)21(30)27(18)15-4-5-15)10-17(22)19(12)26-9-6-14(11-26)13(2)25-8-7-24-3/h10,13-15,25H,4-9,11,23H2,1-2H3/t13-,14+/m0/s1. The Balaban J connectivity index is 1.74. The van der Waals surface area contributed by atoms with Gasteiger partial charge in [-0.3, -0.25) is 9.36 Å². The van der Waals surface area contributed by atoms with Gasteiger partial charge in [0.15, 0.2) is 0 Å². The van der Waals surface area contributed by atoms with Gasteiger partial charge < -0.3 is 20.9 Å². The fraction of sp³-hybridized carbons (Fsp3) is 0.571. The molecule has 1 saturated carbocycles. The molecule has 0 radical (unpaired) electrons. The van der Waals surface area contributed by atoms with Crippen LogP contribution in [0.4, 0.5) is 10.1 Å². The summed E-state index contributed by atoms with van der Waals surface area (Å²) in [4.78, 5) is 30.6. The third-order valence-electron chi connectivity index (χ3n) is 6.42. The van der Waals surface area contributed by atoms with Crippen LogP contribution in [0.1, 0.15) is 37.8 Å². The molecule has 1 aliphatic carbocycles. The van der Waals surface area contributed by atoms with E-state index in [2.05, 4.69) is 17.1 Å². The van der Waals surface area contributed by atoms with Crippen LogP contribution in [0.3, 0.4) is 0 Å². The molecule has 2 aromatic rings. The summed E-state index contributed by atoms with van der Waals surface area (Å²) in [5, 5.41) is 3.52. The Kier molecular flexibility index (Phi) is 5.28. The molecule has 0 amide bonds. The van der Waals surface area contributed by atoms with Gasteiger partial charge in [-0.25, -0.2) is 15.8 Å². The first-order valence-electron chi connectivity index (χ1n) is 10.4. The van der Waals surface area contributed by atoms with E-state index in [9.17, 15) is 9.59 Å². The highest BCUT2D eigenvalue weighted by Crippen LogP contribution is 2.39. The molecule has 9 heteroatoms. The van der Waals surface area contributed by atoms with Crippen molar-refractivity contribution in [3.8, 4) is 0 Å². The van der Waals surface area contributed by atoms with Crippen LogP contribution in [0.2, 0.25) is 0 Å². The number of nitrogens with two attached hydrogens (primary N) is 1. The van der Waals surface area contributed by atoms with Crippen LogP contribution >= 0.6 is 0 Å². The molecule has 0 spiro atoms. The Morgan fingerprint density at radius 3 is 2.77 bits per heavy atom. The van der Waals surface area contributed by atoms with Gasteiger partial charge in [-0.15, -0.1) is 0 Å². The lowest BCUT2D eigenvalue weighted by Crippen LogP contribution is -2.44. The monoisotopic (exact) mass is 414 g/mol. The number of nitrogen functional groups attached to an aromatic ring is 1. The van der Waals surface area contributed by atoms with E-state index in [1.54, 1.807) is 11.5 Å². The molecule has 0 unspecified atom stereocenters. The predicted molar refractivity (Wildman–Crippen MR) is 115 cm³/mol. The van der Waals surface area contributed by atoms with Crippen molar-refractivity contribution in [3.63, 3.8) is 0 Å². The first-order valence-corrected chi connectivity index (χ1v) is 10.4. The molecule has 1 aromatic carbocycles. The first-order chi connectivity index (χ1) is 14.3. The Morgan fingerprint density at radius 1 is 1.37 bits per heavy atom. The predicted octanol–water partition coefficient (Wildman–Crippen LogP) is 1.38. The molecule has 2 fully saturated rings. The molecular weight excluding hydrogens is 387 g/mol. The van der Waals surface area contributed by atoms with Crippen LogP contribution in [0.15, 0.2) is 15.7 Å². The second-order valence-corrected chi connectivity index (χ2v) is 8.41. The second-order valence-electron chi connectivity index (χ2n) is 8.41. The average molecular weight is 414 g/mol. The van der Waals surface area contributed by atoms with Crippen LogP contribution in [-0.2, 0) is 0 Å². The Labute approximate surface area is 173 Å². The lowest BCUT2D eigenvalue weighted by molar-refractivity contribution is 0.409. The summed E-state index contributed by atoms with van der Waals surface area (Å²) in [6.45, 7) is 13.2. The highest BCUT2D eigenvalue weighted by Gasteiger charge is 2.33. The molecule has 8 nitrogen and oxygen atoms in total. The molecular formula is C21H27FN6O2. The summed E-state index contributed by atoms with van der Waals surface area (Å²) >= 11 is 0. The largest absolute Gasteiger partial charge is 0.369 e. The Bertz CT molecular complexity index is 1140. The van der Waals surface area contributed by atoms with Gasteiger partial charge in [-0.05, 0) is 45.1 Å². The molecule has 0 bridgehead atoms. The van der Waals surface area contributed by atoms with Gasteiger partial charge in [0.25, 0.3) is 5.56 Å². The minimum atomic E-state index is -0.669. The van der Waals surface area contributed by atoms with Gasteiger partial charge >= 0.3 is 5.69 Å².